The zero-order valence-electron chi connectivity index (χ0n) is 9.65. The van der Waals surface area contributed by atoms with Crippen LogP contribution in [0.5, 0.6) is 0 Å². The molecule has 1 unspecified atom stereocenters. The molecule has 1 fully saturated rings. The van der Waals surface area contributed by atoms with Gasteiger partial charge in [0.2, 0.25) is 5.91 Å². The number of anilines is 1. The number of hydrogen-bond acceptors (Lipinski definition) is 3. The molecule has 1 heterocycles. The van der Waals surface area contributed by atoms with Gasteiger partial charge in [0.05, 0.1) is 17.8 Å². The van der Waals surface area contributed by atoms with E-state index >= 15 is 0 Å². The van der Waals surface area contributed by atoms with Crippen LogP contribution in [-0.4, -0.2) is 30.4 Å². The summed E-state index contributed by atoms with van der Waals surface area (Å²) in [7, 11) is 1.29. The van der Waals surface area contributed by atoms with E-state index in [1.54, 1.807) is 23.1 Å². The molecule has 0 aliphatic carbocycles. The van der Waals surface area contributed by atoms with Gasteiger partial charge in [0.15, 0.2) is 0 Å². The first kappa shape index (κ1) is 13.4. The third-order valence-electron chi connectivity index (χ3n) is 2.75. The summed E-state index contributed by atoms with van der Waals surface area (Å²) in [5.74, 6) is -0.578. The van der Waals surface area contributed by atoms with E-state index in [0.29, 0.717) is 18.7 Å². The largest absolute Gasteiger partial charge is 0.465 e. The van der Waals surface area contributed by atoms with Crippen LogP contribution < -0.4 is 4.90 Å². The van der Waals surface area contributed by atoms with Crippen molar-refractivity contribution in [2.45, 2.75) is 11.2 Å². The summed E-state index contributed by atoms with van der Waals surface area (Å²) < 4.78 is 4.71. The fourth-order valence-corrected chi connectivity index (χ4v) is 2.75. The number of rotatable bonds is 2. The number of halogens is 2. The molecule has 96 valence electrons. The molecule has 2 rings (SSSR count). The van der Waals surface area contributed by atoms with Crippen molar-refractivity contribution in [2.24, 2.45) is 0 Å². The van der Waals surface area contributed by atoms with E-state index in [1.165, 1.54) is 7.11 Å². The lowest BCUT2D eigenvalue weighted by Crippen LogP contribution is -2.27. The molecule has 0 bridgehead atoms. The Kier molecular flexibility index (Phi) is 3.92. The normalized spacial score (nSPS) is 19.2. The molecule has 0 N–H and O–H groups in total. The van der Waals surface area contributed by atoms with Crippen LogP contribution in [-0.2, 0) is 9.53 Å². The molecule has 1 aliphatic rings. The van der Waals surface area contributed by atoms with Gasteiger partial charge in [0.1, 0.15) is 5.56 Å². The minimum atomic E-state index is -0.540. The van der Waals surface area contributed by atoms with Crippen molar-refractivity contribution in [1.82, 2.24) is 0 Å². The zero-order chi connectivity index (χ0) is 13.3. The fourth-order valence-electron chi connectivity index (χ4n) is 1.94. The summed E-state index contributed by atoms with van der Waals surface area (Å²) in [6.45, 7) is 0.517. The third-order valence-corrected chi connectivity index (χ3v) is 3.68. The van der Waals surface area contributed by atoms with Gasteiger partial charge in [-0.25, -0.2) is 4.79 Å². The molecule has 0 radical (unpaired) electrons. The Bertz CT molecular complexity index is 506. The topological polar surface area (TPSA) is 46.6 Å². The average Bonchev–Trinajstić information content (AvgIpc) is 2.67. The van der Waals surface area contributed by atoms with E-state index < -0.39 is 5.97 Å². The molecule has 1 saturated heterocycles. The Hall–Kier alpha value is -1.07. The number of carbonyl (C=O) groups excluding carboxylic acids is 2. The number of ether oxygens (including phenoxy) is 1. The molecule has 1 aromatic carbocycles. The van der Waals surface area contributed by atoms with E-state index in [4.69, 9.17) is 16.3 Å². The molecule has 1 amide bonds. The van der Waals surface area contributed by atoms with Gasteiger partial charge in [-0.15, -0.1) is 0 Å². The van der Waals surface area contributed by atoms with E-state index in [1.807, 2.05) is 0 Å². The number of carbonyl (C=O) groups is 2. The molecule has 1 aliphatic heterocycles. The summed E-state index contributed by atoms with van der Waals surface area (Å²) in [6, 6.07) is 5.00. The molecular weight excluding hydrogens is 321 g/mol. The van der Waals surface area contributed by atoms with E-state index in [0.717, 1.165) is 0 Å². The van der Waals surface area contributed by atoms with Gasteiger partial charge in [-0.2, -0.15) is 0 Å². The maximum absolute atomic E-state index is 11.9. The zero-order valence-corrected chi connectivity index (χ0v) is 12.0. The Morgan fingerprint density at radius 2 is 2.28 bits per heavy atom. The van der Waals surface area contributed by atoms with Crippen LogP contribution in [0, 0.1) is 0 Å². The minimum Gasteiger partial charge on any atom is -0.465 e. The lowest BCUT2D eigenvalue weighted by molar-refractivity contribution is -0.117. The SMILES string of the molecule is COC(=O)c1c(Cl)cccc1N1CC(Br)CC1=O. The highest BCUT2D eigenvalue weighted by Gasteiger charge is 2.32. The molecule has 1 aromatic rings. The van der Waals surface area contributed by atoms with Gasteiger partial charge in [0, 0.05) is 17.8 Å². The van der Waals surface area contributed by atoms with E-state index in [9.17, 15) is 9.59 Å². The highest BCUT2D eigenvalue weighted by atomic mass is 79.9. The Labute approximate surface area is 118 Å². The molecule has 18 heavy (non-hydrogen) atoms. The average molecular weight is 333 g/mol. The number of hydrogen-bond donors (Lipinski definition) is 0. The van der Waals surface area contributed by atoms with Crippen LogP contribution in [0.1, 0.15) is 16.8 Å². The maximum Gasteiger partial charge on any atom is 0.341 e. The van der Waals surface area contributed by atoms with Crippen LogP contribution >= 0.6 is 27.5 Å². The van der Waals surface area contributed by atoms with Gasteiger partial charge in [-0.1, -0.05) is 33.6 Å². The Morgan fingerprint density at radius 3 is 2.83 bits per heavy atom. The first-order valence-corrected chi connectivity index (χ1v) is 6.65. The number of methoxy groups -OCH3 is 1. The number of alkyl halides is 1. The number of benzene rings is 1. The molecule has 0 aromatic heterocycles. The standard InChI is InChI=1S/C12H11BrClNO3/c1-18-12(17)11-8(14)3-2-4-9(11)15-6-7(13)5-10(15)16/h2-4,7H,5-6H2,1H3. The van der Waals surface area contributed by atoms with Gasteiger partial charge < -0.3 is 9.64 Å². The summed E-state index contributed by atoms with van der Waals surface area (Å²) in [4.78, 5) is 25.2. The van der Waals surface area contributed by atoms with Gasteiger partial charge >= 0.3 is 5.97 Å². The molecule has 0 saturated carbocycles. The quantitative estimate of drug-likeness (QED) is 0.618. The van der Waals surface area contributed by atoms with Crippen molar-refractivity contribution in [3.05, 3.63) is 28.8 Å². The van der Waals surface area contributed by atoms with Crippen molar-refractivity contribution >= 4 is 45.1 Å². The van der Waals surface area contributed by atoms with E-state index in [2.05, 4.69) is 15.9 Å². The summed E-state index contributed by atoms with van der Waals surface area (Å²) in [5.41, 5.74) is 0.734. The van der Waals surface area contributed by atoms with Crippen molar-refractivity contribution in [3.8, 4) is 0 Å². The summed E-state index contributed by atoms with van der Waals surface area (Å²) in [6.07, 6.45) is 0.410. The molecule has 4 nitrogen and oxygen atoms in total. The van der Waals surface area contributed by atoms with Crippen LogP contribution in [0.4, 0.5) is 5.69 Å². The van der Waals surface area contributed by atoms with E-state index in [-0.39, 0.29) is 21.3 Å². The predicted octanol–water partition coefficient (Wildman–Crippen LogP) is 2.63. The van der Waals surface area contributed by atoms with Crippen LogP contribution in [0.15, 0.2) is 18.2 Å². The first-order chi connectivity index (χ1) is 8.54. The smallest absolute Gasteiger partial charge is 0.341 e. The molecule has 1 atom stereocenters. The fraction of sp³-hybridized carbons (Fsp3) is 0.333. The highest BCUT2D eigenvalue weighted by Crippen LogP contribution is 2.32. The van der Waals surface area contributed by atoms with Gasteiger partial charge in [-0.05, 0) is 12.1 Å². The van der Waals surface area contributed by atoms with Crippen molar-refractivity contribution in [2.75, 3.05) is 18.6 Å². The third kappa shape index (κ3) is 2.37. The first-order valence-electron chi connectivity index (χ1n) is 5.36. The second-order valence-electron chi connectivity index (χ2n) is 3.93. The monoisotopic (exact) mass is 331 g/mol. The number of esters is 1. The summed E-state index contributed by atoms with van der Waals surface area (Å²) >= 11 is 9.42. The van der Waals surface area contributed by atoms with Crippen molar-refractivity contribution in [1.29, 1.82) is 0 Å². The van der Waals surface area contributed by atoms with Crippen LogP contribution in [0.3, 0.4) is 0 Å². The molecule has 0 spiro atoms. The Balaban J connectivity index is 2.48. The van der Waals surface area contributed by atoms with Gasteiger partial charge in [0.25, 0.3) is 0 Å². The lowest BCUT2D eigenvalue weighted by atomic mass is 10.1. The van der Waals surface area contributed by atoms with Crippen molar-refractivity contribution in [3.63, 3.8) is 0 Å². The van der Waals surface area contributed by atoms with Crippen LogP contribution in [0.25, 0.3) is 0 Å². The Morgan fingerprint density at radius 1 is 1.56 bits per heavy atom. The summed E-state index contributed by atoms with van der Waals surface area (Å²) in [5, 5.41) is 0.283. The molecule has 6 heteroatoms. The second kappa shape index (κ2) is 5.28. The number of amides is 1. The van der Waals surface area contributed by atoms with Gasteiger partial charge in [-0.3, -0.25) is 4.79 Å². The number of nitrogens with zero attached hydrogens (tertiary/aromatic N) is 1. The highest BCUT2D eigenvalue weighted by molar-refractivity contribution is 9.09. The minimum absolute atomic E-state index is 0.0377. The van der Waals surface area contributed by atoms with Crippen LogP contribution in [0.2, 0.25) is 5.02 Å². The second-order valence-corrected chi connectivity index (χ2v) is 5.63. The van der Waals surface area contributed by atoms with Crippen molar-refractivity contribution < 1.29 is 14.3 Å². The predicted molar refractivity (Wildman–Crippen MR) is 72.5 cm³/mol. The lowest BCUT2D eigenvalue weighted by Gasteiger charge is -2.19. The molecular formula is C12H11BrClNO3. The maximum atomic E-state index is 11.9.